The number of para-hydroxylation sites is 2. The first-order chi connectivity index (χ1) is 23.1. The van der Waals surface area contributed by atoms with E-state index >= 15 is 0 Å². The van der Waals surface area contributed by atoms with Gasteiger partial charge in [0.05, 0.1) is 34.7 Å². The fourth-order valence-corrected chi connectivity index (χ4v) is 7.35. The van der Waals surface area contributed by atoms with Crippen molar-refractivity contribution in [1.29, 1.82) is 0 Å². The molecule has 1 N–H and O–H groups in total. The fraction of sp³-hybridized carbons (Fsp3) is 0.182. The van der Waals surface area contributed by atoms with Crippen molar-refractivity contribution in [1.82, 2.24) is 9.97 Å². The highest BCUT2D eigenvalue weighted by Crippen LogP contribution is 2.41. The maximum Gasteiger partial charge on any atom is 0.418 e. The molecular formula is C33H27F3N2O6S4. The van der Waals surface area contributed by atoms with Crippen LogP contribution in [0.4, 0.5) is 13.2 Å². The molecule has 1 unspecified atom stereocenters. The standard InChI is InChI=1S/C17H14F3NO3S2.C16H13NO3S2/c1-23-11-8-9(15(22)17(18,19)20)6-7-10(11)24-16-21-14-12(25-2)4-3-5-13(14)26-16;1-19-12-8-10(9-18)6-7-11(12)20-16-17-15-13(21-2)4-3-5-14(15)22-16/h3-8,15,22H,1-2H3;3-9H,1-2H3. The molecule has 48 heavy (non-hydrogen) atoms. The molecule has 6 rings (SSSR count). The van der Waals surface area contributed by atoms with Crippen molar-refractivity contribution < 1.29 is 42.0 Å². The molecule has 0 radical (unpaired) electrons. The fourth-order valence-electron chi connectivity index (χ4n) is 4.38. The summed E-state index contributed by atoms with van der Waals surface area (Å²) in [7, 11) is 2.86. The molecule has 0 saturated carbocycles. The van der Waals surface area contributed by atoms with Gasteiger partial charge < -0.3 is 24.1 Å². The lowest BCUT2D eigenvalue weighted by Gasteiger charge is -2.16. The summed E-state index contributed by atoms with van der Waals surface area (Å²) in [5.41, 5.74) is 1.97. The van der Waals surface area contributed by atoms with Crippen molar-refractivity contribution in [3.8, 4) is 33.4 Å². The molecule has 2 heterocycles. The van der Waals surface area contributed by atoms with Crippen LogP contribution in [0.3, 0.4) is 0 Å². The van der Waals surface area contributed by atoms with Crippen LogP contribution < -0.4 is 18.9 Å². The summed E-state index contributed by atoms with van der Waals surface area (Å²) in [5.74, 6) is 1.34. The van der Waals surface area contributed by atoms with E-state index in [1.807, 2.05) is 48.9 Å². The molecule has 0 bridgehead atoms. The highest BCUT2D eigenvalue weighted by Gasteiger charge is 2.39. The van der Waals surface area contributed by atoms with E-state index in [9.17, 15) is 23.1 Å². The Bertz CT molecular complexity index is 2050. The second kappa shape index (κ2) is 15.5. The van der Waals surface area contributed by atoms with Crippen LogP contribution in [0.15, 0.2) is 82.6 Å². The lowest BCUT2D eigenvalue weighted by molar-refractivity contribution is -0.206. The molecule has 2 aromatic heterocycles. The Morgan fingerprint density at radius 1 is 0.750 bits per heavy atom. The minimum atomic E-state index is -4.76. The average molecular weight is 733 g/mol. The molecule has 0 aliphatic heterocycles. The van der Waals surface area contributed by atoms with E-state index in [4.69, 9.17) is 18.9 Å². The van der Waals surface area contributed by atoms with E-state index in [1.165, 1.54) is 35.8 Å². The van der Waals surface area contributed by atoms with Gasteiger partial charge in [0.15, 0.2) is 29.1 Å². The van der Waals surface area contributed by atoms with Gasteiger partial charge in [-0.05, 0) is 72.7 Å². The second-order valence-corrected chi connectivity index (χ2v) is 13.3. The van der Waals surface area contributed by atoms with Crippen molar-refractivity contribution >= 4 is 72.9 Å². The molecule has 6 aromatic rings. The highest BCUT2D eigenvalue weighted by molar-refractivity contribution is 7.99. The van der Waals surface area contributed by atoms with Gasteiger partial charge in [-0.3, -0.25) is 4.79 Å². The molecule has 0 fully saturated rings. The number of halogens is 3. The summed E-state index contributed by atoms with van der Waals surface area (Å²) >= 11 is 6.02. The highest BCUT2D eigenvalue weighted by atomic mass is 32.2. The number of thioether (sulfide) groups is 2. The second-order valence-electron chi connectivity index (χ2n) is 9.66. The summed E-state index contributed by atoms with van der Waals surface area (Å²) in [4.78, 5) is 21.9. The SMILES string of the molecule is COc1cc(C(O)C(F)(F)F)ccc1Oc1nc2c(SC)cccc2s1.COc1cc(C=O)ccc1Oc1nc2c(SC)cccc2s1. The molecule has 250 valence electrons. The third-order valence-electron chi connectivity index (χ3n) is 6.70. The number of fused-ring (bicyclic) bond motifs is 2. The van der Waals surface area contributed by atoms with Crippen molar-refractivity contribution in [3.05, 3.63) is 83.9 Å². The molecule has 0 spiro atoms. The first kappa shape index (κ1) is 35.3. The van der Waals surface area contributed by atoms with E-state index in [2.05, 4.69) is 9.97 Å². The van der Waals surface area contributed by atoms with Crippen LogP contribution in [-0.2, 0) is 0 Å². The quantitative estimate of drug-likeness (QED) is 0.108. The zero-order valence-corrected chi connectivity index (χ0v) is 29.0. The Kier molecular flexibility index (Phi) is 11.4. The van der Waals surface area contributed by atoms with Gasteiger partial charge >= 0.3 is 6.18 Å². The Morgan fingerprint density at radius 3 is 1.71 bits per heavy atom. The monoisotopic (exact) mass is 732 g/mol. The molecule has 15 heteroatoms. The minimum absolute atomic E-state index is 0.0788. The summed E-state index contributed by atoms with van der Waals surface area (Å²) in [6.45, 7) is 0. The van der Waals surface area contributed by atoms with E-state index < -0.39 is 12.3 Å². The molecule has 0 amide bonds. The maximum absolute atomic E-state index is 12.7. The van der Waals surface area contributed by atoms with Gasteiger partial charge in [-0.25, -0.2) is 9.97 Å². The number of ether oxygens (including phenoxy) is 4. The summed E-state index contributed by atoms with van der Waals surface area (Å²) in [6.07, 6.45) is -2.60. The number of methoxy groups -OCH3 is 2. The van der Waals surface area contributed by atoms with Gasteiger partial charge in [-0.15, -0.1) is 23.5 Å². The molecule has 0 aliphatic carbocycles. The Morgan fingerprint density at radius 2 is 1.25 bits per heavy atom. The van der Waals surface area contributed by atoms with Gasteiger partial charge in [-0.2, -0.15) is 13.2 Å². The molecule has 0 saturated heterocycles. The zero-order valence-electron chi connectivity index (χ0n) is 25.7. The van der Waals surface area contributed by atoms with Gasteiger partial charge in [-0.1, -0.05) is 40.9 Å². The predicted molar refractivity (Wildman–Crippen MR) is 185 cm³/mol. The number of alkyl halides is 3. The number of carbonyl (C=O) groups excluding carboxylic acids is 1. The average Bonchev–Trinajstić information content (AvgIpc) is 3.71. The van der Waals surface area contributed by atoms with Crippen LogP contribution in [0.5, 0.6) is 33.4 Å². The normalized spacial score (nSPS) is 11.9. The summed E-state index contributed by atoms with van der Waals surface area (Å²) in [6, 6.07) is 20.5. The Balaban J connectivity index is 0.000000190. The van der Waals surface area contributed by atoms with Crippen LogP contribution in [0, 0.1) is 0 Å². The number of rotatable bonds is 10. The Hall–Kier alpha value is -4.02. The van der Waals surface area contributed by atoms with Gasteiger partial charge in [0.1, 0.15) is 6.29 Å². The number of benzene rings is 4. The number of aromatic nitrogens is 2. The minimum Gasteiger partial charge on any atom is -0.493 e. The van der Waals surface area contributed by atoms with E-state index in [0.29, 0.717) is 27.4 Å². The van der Waals surface area contributed by atoms with E-state index in [0.717, 1.165) is 48.6 Å². The lowest BCUT2D eigenvalue weighted by atomic mass is 10.1. The predicted octanol–water partition coefficient (Wildman–Crippen LogP) is 10.0. The molecule has 4 aromatic carbocycles. The van der Waals surface area contributed by atoms with Crippen LogP contribution in [0.2, 0.25) is 0 Å². The van der Waals surface area contributed by atoms with Crippen molar-refractivity contribution in [2.45, 2.75) is 22.1 Å². The first-order valence-electron chi connectivity index (χ1n) is 13.9. The van der Waals surface area contributed by atoms with Gasteiger partial charge in [0.25, 0.3) is 10.4 Å². The third-order valence-corrected chi connectivity index (χ3v) is 10.0. The van der Waals surface area contributed by atoms with Crippen molar-refractivity contribution in [3.63, 3.8) is 0 Å². The number of thiazole rings is 2. The van der Waals surface area contributed by atoms with Crippen LogP contribution >= 0.6 is 46.2 Å². The largest absolute Gasteiger partial charge is 0.493 e. The molecule has 0 aliphatic rings. The molecule has 8 nitrogen and oxygen atoms in total. The first-order valence-corrected chi connectivity index (χ1v) is 18.0. The zero-order chi connectivity index (χ0) is 34.4. The number of hydrogen-bond acceptors (Lipinski definition) is 12. The topological polar surface area (TPSA) is 100 Å². The third kappa shape index (κ3) is 7.98. The van der Waals surface area contributed by atoms with Gasteiger partial charge in [0, 0.05) is 15.4 Å². The van der Waals surface area contributed by atoms with E-state index in [-0.39, 0.29) is 17.1 Å². The van der Waals surface area contributed by atoms with E-state index in [1.54, 1.807) is 48.8 Å². The number of carbonyl (C=O) groups is 1. The van der Waals surface area contributed by atoms with Crippen LogP contribution in [0.1, 0.15) is 22.0 Å². The van der Waals surface area contributed by atoms with Crippen molar-refractivity contribution in [2.24, 2.45) is 0 Å². The smallest absolute Gasteiger partial charge is 0.418 e. The number of hydrogen-bond donors (Lipinski definition) is 1. The number of aliphatic hydroxyl groups excluding tert-OH is 1. The number of aliphatic hydroxyl groups is 1. The molecular weight excluding hydrogens is 706 g/mol. The van der Waals surface area contributed by atoms with Crippen molar-refractivity contribution in [2.75, 3.05) is 26.7 Å². The number of aldehydes is 1. The van der Waals surface area contributed by atoms with Gasteiger partial charge in [0.2, 0.25) is 0 Å². The van der Waals surface area contributed by atoms with Crippen LogP contribution in [-0.4, -0.2) is 54.3 Å². The lowest BCUT2D eigenvalue weighted by Crippen LogP contribution is -2.20. The maximum atomic E-state index is 12.7. The Labute approximate surface area is 289 Å². The summed E-state index contributed by atoms with van der Waals surface area (Å²) < 4.78 is 62.0. The number of nitrogens with zero attached hydrogens (tertiary/aromatic N) is 2. The molecule has 1 atom stereocenters. The van der Waals surface area contributed by atoms with Crippen LogP contribution in [0.25, 0.3) is 20.4 Å². The summed E-state index contributed by atoms with van der Waals surface area (Å²) in [5, 5.41) is 10.3.